The van der Waals surface area contributed by atoms with Gasteiger partial charge < -0.3 is 0 Å². The van der Waals surface area contributed by atoms with Crippen molar-refractivity contribution in [2.75, 3.05) is 0 Å². The minimum atomic E-state index is -0.507. The Morgan fingerprint density at radius 2 is 2.58 bits per heavy atom. The van der Waals surface area contributed by atoms with Crippen molar-refractivity contribution in [3.05, 3.63) is 22.5 Å². The molecule has 1 rings (SSSR count). The minimum absolute atomic E-state index is 0.0444. The second-order valence-corrected chi connectivity index (χ2v) is 2.28. The molecule has 0 aliphatic carbocycles. The van der Waals surface area contributed by atoms with Gasteiger partial charge in [-0.3, -0.25) is 14.8 Å². The smallest absolute Gasteiger partial charge is 0.258 e. The molecular formula is C7H7N3O2. The zero-order valence-electron chi connectivity index (χ0n) is 6.47. The maximum absolute atomic E-state index is 10.2. The first-order valence-corrected chi connectivity index (χ1v) is 3.30. The molecule has 62 valence electrons. The van der Waals surface area contributed by atoms with Gasteiger partial charge in [-0.25, -0.2) is 0 Å². The first-order chi connectivity index (χ1) is 5.65. The number of hydrogen-bond acceptors (Lipinski definition) is 3. The van der Waals surface area contributed by atoms with E-state index in [4.69, 9.17) is 6.42 Å². The van der Waals surface area contributed by atoms with Gasteiger partial charge in [0, 0.05) is 0 Å². The van der Waals surface area contributed by atoms with Gasteiger partial charge in [0.2, 0.25) is 0 Å². The van der Waals surface area contributed by atoms with E-state index < -0.39 is 4.92 Å². The molecule has 0 aliphatic heterocycles. The van der Waals surface area contributed by atoms with Gasteiger partial charge in [-0.05, 0) is 6.92 Å². The summed E-state index contributed by atoms with van der Waals surface area (Å²) >= 11 is 0. The van der Waals surface area contributed by atoms with Crippen molar-refractivity contribution < 1.29 is 4.92 Å². The highest BCUT2D eigenvalue weighted by atomic mass is 16.6. The molecule has 0 aliphatic rings. The molecule has 0 amide bonds. The summed E-state index contributed by atoms with van der Waals surface area (Å²) in [5.74, 6) is 2.41. The lowest BCUT2D eigenvalue weighted by molar-refractivity contribution is -0.385. The Morgan fingerprint density at radius 1 is 1.92 bits per heavy atom. The molecular weight excluding hydrogens is 158 g/mol. The highest BCUT2D eigenvalue weighted by Gasteiger charge is 2.10. The molecule has 1 heterocycles. The van der Waals surface area contributed by atoms with E-state index in [9.17, 15) is 10.1 Å². The van der Waals surface area contributed by atoms with Crippen molar-refractivity contribution in [2.24, 2.45) is 0 Å². The lowest BCUT2D eigenvalue weighted by Crippen LogP contribution is -2.01. The molecule has 0 N–H and O–H groups in total. The standard InChI is InChI=1S/C7H7N3O2/c1-3-6(2)9-5-7(4-8-9)10(11)12/h1,4-6H,2H3. The van der Waals surface area contributed by atoms with E-state index in [-0.39, 0.29) is 11.7 Å². The molecule has 0 saturated carbocycles. The molecule has 0 spiro atoms. The van der Waals surface area contributed by atoms with Crippen LogP contribution in [0.4, 0.5) is 5.69 Å². The predicted molar refractivity (Wildman–Crippen MR) is 42.4 cm³/mol. The summed E-state index contributed by atoms with van der Waals surface area (Å²) < 4.78 is 1.37. The van der Waals surface area contributed by atoms with Gasteiger partial charge in [0.15, 0.2) is 0 Å². The largest absolute Gasteiger partial charge is 0.307 e. The Hall–Kier alpha value is -1.83. The van der Waals surface area contributed by atoms with Crippen LogP contribution in [0.2, 0.25) is 0 Å². The molecule has 1 unspecified atom stereocenters. The normalized spacial score (nSPS) is 12.0. The van der Waals surface area contributed by atoms with E-state index in [0.29, 0.717) is 0 Å². The summed E-state index contributed by atoms with van der Waals surface area (Å²) in [4.78, 5) is 9.72. The van der Waals surface area contributed by atoms with Crippen LogP contribution in [0.25, 0.3) is 0 Å². The van der Waals surface area contributed by atoms with Crippen molar-refractivity contribution in [3.63, 3.8) is 0 Å². The number of rotatable bonds is 2. The summed E-state index contributed by atoms with van der Waals surface area (Å²) in [6, 6.07) is -0.251. The molecule has 0 fully saturated rings. The average Bonchev–Trinajstić information content (AvgIpc) is 2.51. The Morgan fingerprint density at radius 3 is 3.00 bits per heavy atom. The lowest BCUT2D eigenvalue weighted by atomic mass is 10.4. The fourth-order valence-electron chi connectivity index (χ4n) is 0.710. The SMILES string of the molecule is C#CC(C)n1cc([N+](=O)[O-])cn1. The van der Waals surface area contributed by atoms with Crippen molar-refractivity contribution >= 4 is 5.69 Å². The zero-order chi connectivity index (χ0) is 9.14. The summed E-state index contributed by atoms with van der Waals surface area (Å²) in [5, 5.41) is 14.0. The maximum Gasteiger partial charge on any atom is 0.307 e. The number of aromatic nitrogens is 2. The van der Waals surface area contributed by atoms with Gasteiger partial charge in [-0.15, -0.1) is 6.42 Å². The summed E-state index contributed by atoms with van der Waals surface area (Å²) in [7, 11) is 0. The van der Waals surface area contributed by atoms with Gasteiger partial charge >= 0.3 is 5.69 Å². The van der Waals surface area contributed by atoms with Crippen LogP contribution >= 0.6 is 0 Å². The first-order valence-electron chi connectivity index (χ1n) is 3.30. The van der Waals surface area contributed by atoms with E-state index in [0.717, 1.165) is 0 Å². The third-order valence-electron chi connectivity index (χ3n) is 1.44. The van der Waals surface area contributed by atoms with Gasteiger partial charge in [-0.1, -0.05) is 5.92 Å². The van der Waals surface area contributed by atoms with Gasteiger partial charge in [-0.2, -0.15) is 5.10 Å². The third kappa shape index (κ3) is 1.42. The summed E-state index contributed by atoms with van der Waals surface area (Å²) in [5.41, 5.74) is -0.0444. The molecule has 12 heavy (non-hydrogen) atoms. The van der Waals surface area contributed by atoms with Crippen LogP contribution in [0.15, 0.2) is 12.4 Å². The van der Waals surface area contributed by atoms with E-state index in [1.54, 1.807) is 6.92 Å². The topological polar surface area (TPSA) is 61.0 Å². The van der Waals surface area contributed by atoms with Crippen LogP contribution in [0.3, 0.4) is 0 Å². The second-order valence-electron chi connectivity index (χ2n) is 2.28. The third-order valence-corrected chi connectivity index (χ3v) is 1.44. The molecule has 1 atom stereocenters. The fourth-order valence-corrected chi connectivity index (χ4v) is 0.710. The van der Waals surface area contributed by atoms with E-state index in [1.807, 2.05) is 0 Å². The average molecular weight is 165 g/mol. The lowest BCUT2D eigenvalue weighted by Gasteiger charge is -2.00. The van der Waals surface area contributed by atoms with E-state index >= 15 is 0 Å². The Bertz CT molecular complexity index is 337. The van der Waals surface area contributed by atoms with Crippen LogP contribution in [-0.2, 0) is 0 Å². The quantitative estimate of drug-likeness (QED) is 0.373. The molecule has 0 bridgehead atoms. The number of nitrogens with zero attached hydrogens (tertiary/aromatic N) is 3. The Kier molecular flexibility index (Phi) is 2.10. The maximum atomic E-state index is 10.2. The number of terminal acetylenes is 1. The zero-order valence-corrected chi connectivity index (χ0v) is 6.47. The molecule has 0 radical (unpaired) electrons. The Balaban J connectivity index is 2.93. The Labute approximate surface area is 69.2 Å². The van der Waals surface area contributed by atoms with Crippen LogP contribution in [0, 0.1) is 22.5 Å². The summed E-state index contributed by atoms with van der Waals surface area (Å²) in [6.07, 6.45) is 7.59. The molecule has 0 saturated heterocycles. The van der Waals surface area contributed by atoms with Crippen molar-refractivity contribution in [3.8, 4) is 12.3 Å². The van der Waals surface area contributed by atoms with E-state index in [2.05, 4.69) is 11.0 Å². The predicted octanol–water partition coefficient (Wildman–Crippen LogP) is 0.985. The van der Waals surface area contributed by atoms with Gasteiger partial charge in [0.25, 0.3) is 0 Å². The molecule has 0 aromatic carbocycles. The number of hydrogen-bond donors (Lipinski definition) is 0. The van der Waals surface area contributed by atoms with Gasteiger partial charge in [0.1, 0.15) is 18.4 Å². The fraction of sp³-hybridized carbons (Fsp3) is 0.286. The van der Waals surface area contributed by atoms with Gasteiger partial charge in [0.05, 0.1) is 4.92 Å². The summed E-state index contributed by atoms with van der Waals surface area (Å²) in [6.45, 7) is 1.73. The van der Waals surface area contributed by atoms with Crippen LogP contribution in [-0.4, -0.2) is 14.7 Å². The minimum Gasteiger partial charge on any atom is -0.258 e. The first kappa shape index (κ1) is 8.27. The van der Waals surface area contributed by atoms with E-state index in [1.165, 1.54) is 17.1 Å². The highest BCUT2D eigenvalue weighted by molar-refractivity contribution is 5.21. The van der Waals surface area contributed by atoms with Crippen LogP contribution < -0.4 is 0 Å². The second kappa shape index (κ2) is 3.05. The molecule has 5 nitrogen and oxygen atoms in total. The highest BCUT2D eigenvalue weighted by Crippen LogP contribution is 2.11. The molecule has 1 aromatic rings. The number of nitro groups is 1. The van der Waals surface area contributed by atoms with Crippen LogP contribution in [0.5, 0.6) is 0 Å². The molecule has 5 heteroatoms. The molecule has 1 aromatic heterocycles. The van der Waals surface area contributed by atoms with Crippen molar-refractivity contribution in [1.29, 1.82) is 0 Å². The monoisotopic (exact) mass is 165 g/mol. The van der Waals surface area contributed by atoms with Crippen LogP contribution in [0.1, 0.15) is 13.0 Å². The van der Waals surface area contributed by atoms with Crippen molar-refractivity contribution in [2.45, 2.75) is 13.0 Å². The van der Waals surface area contributed by atoms with Crippen molar-refractivity contribution in [1.82, 2.24) is 9.78 Å².